The SMILES string of the molecule is CCCCS(=O)(=O)Nc1nc(C)c(S(=O)(=O)Cl)s1. The number of aryl methyl sites for hydroxylation is 1. The number of unbranched alkanes of at least 4 members (excludes halogenated alkanes) is 1. The summed E-state index contributed by atoms with van der Waals surface area (Å²) in [6.07, 6.45) is 1.28. The molecule has 104 valence electrons. The summed E-state index contributed by atoms with van der Waals surface area (Å²) in [5.74, 6) is -0.0227. The molecule has 0 bridgehead atoms. The van der Waals surface area contributed by atoms with Crippen molar-refractivity contribution in [3.8, 4) is 0 Å². The number of nitrogens with zero attached hydrogens (tertiary/aromatic N) is 1. The van der Waals surface area contributed by atoms with E-state index < -0.39 is 19.1 Å². The third-order valence-electron chi connectivity index (χ3n) is 1.98. The number of nitrogens with one attached hydrogen (secondary N) is 1. The van der Waals surface area contributed by atoms with Crippen LogP contribution in [0.5, 0.6) is 0 Å². The van der Waals surface area contributed by atoms with Gasteiger partial charge in [-0.25, -0.2) is 21.8 Å². The van der Waals surface area contributed by atoms with Crippen molar-refractivity contribution >= 4 is 46.2 Å². The smallest absolute Gasteiger partial charge is 0.259 e. The highest BCUT2D eigenvalue weighted by Gasteiger charge is 2.21. The van der Waals surface area contributed by atoms with Crippen LogP contribution < -0.4 is 4.72 Å². The minimum absolute atomic E-state index is 0.0165. The summed E-state index contributed by atoms with van der Waals surface area (Å²) in [6.45, 7) is 3.33. The van der Waals surface area contributed by atoms with Crippen molar-refractivity contribution in [1.29, 1.82) is 0 Å². The second-order valence-electron chi connectivity index (χ2n) is 3.60. The molecule has 1 aromatic rings. The van der Waals surface area contributed by atoms with E-state index in [1.165, 1.54) is 6.92 Å². The van der Waals surface area contributed by atoms with E-state index in [9.17, 15) is 16.8 Å². The third kappa shape index (κ3) is 4.38. The number of thiazole rings is 1. The molecule has 0 saturated carbocycles. The molecule has 0 unspecified atom stereocenters. The van der Waals surface area contributed by atoms with E-state index in [1.54, 1.807) is 0 Å². The Morgan fingerprint density at radius 2 is 1.94 bits per heavy atom. The molecule has 0 aromatic carbocycles. The summed E-state index contributed by atoms with van der Waals surface area (Å²) in [7, 11) is -2.18. The average molecular weight is 333 g/mol. The highest BCUT2D eigenvalue weighted by atomic mass is 35.7. The molecule has 0 radical (unpaired) electrons. The van der Waals surface area contributed by atoms with E-state index >= 15 is 0 Å². The van der Waals surface area contributed by atoms with Crippen LogP contribution in [-0.2, 0) is 19.1 Å². The summed E-state index contributed by atoms with van der Waals surface area (Å²) in [5, 5.41) is 0.0165. The van der Waals surface area contributed by atoms with Gasteiger partial charge in [0.2, 0.25) is 10.0 Å². The molecule has 0 fully saturated rings. The fourth-order valence-electron chi connectivity index (χ4n) is 1.17. The number of halogens is 1. The van der Waals surface area contributed by atoms with Gasteiger partial charge in [0.05, 0.1) is 11.4 Å². The first-order valence-corrected chi connectivity index (χ1v) is 9.86. The lowest BCUT2D eigenvalue weighted by molar-refractivity contribution is 0.597. The number of rotatable bonds is 6. The van der Waals surface area contributed by atoms with Gasteiger partial charge in [-0.1, -0.05) is 24.7 Å². The molecule has 6 nitrogen and oxygen atoms in total. The molecule has 10 heteroatoms. The first-order valence-electron chi connectivity index (χ1n) is 5.08. The van der Waals surface area contributed by atoms with Crippen molar-refractivity contribution < 1.29 is 16.8 Å². The number of hydrogen-bond acceptors (Lipinski definition) is 6. The zero-order chi connectivity index (χ0) is 14.0. The first-order chi connectivity index (χ1) is 8.15. The predicted molar refractivity (Wildman–Crippen MR) is 72.2 cm³/mol. The fraction of sp³-hybridized carbons (Fsp3) is 0.625. The maximum atomic E-state index is 11.6. The maximum Gasteiger partial charge on any atom is 0.272 e. The minimum atomic E-state index is -3.89. The molecule has 1 N–H and O–H groups in total. The predicted octanol–water partition coefficient (Wildman–Crippen LogP) is 1.92. The second-order valence-corrected chi connectivity index (χ2v) is 9.21. The zero-order valence-electron chi connectivity index (χ0n) is 9.80. The normalized spacial score (nSPS) is 12.6. The van der Waals surface area contributed by atoms with Gasteiger partial charge in [0.15, 0.2) is 9.34 Å². The average Bonchev–Trinajstić information content (AvgIpc) is 2.55. The van der Waals surface area contributed by atoms with Crippen LogP contribution in [0.15, 0.2) is 4.21 Å². The molecule has 0 aliphatic rings. The lowest BCUT2D eigenvalue weighted by Gasteiger charge is -2.02. The number of sulfonamides is 1. The molecular weight excluding hydrogens is 320 g/mol. The first kappa shape index (κ1) is 15.7. The third-order valence-corrected chi connectivity index (χ3v) is 6.70. The van der Waals surface area contributed by atoms with Gasteiger partial charge >= 0.3 is 0 Å². The van der Waals surface area contributed by atoms with Crippen molar-refractivity contribution in [2.24, 2.45) is 0 Å². The standard InChI is InChI=1S/C8H13ClN2O4S3/c1-3-4-5-17(12,13)11-8-10-6(2)7(16-8)18(9,14)15/h3-5H2,1-2H3,(H,10,11). The molecule has 0 aliphatic heterocycles. The van der Waals surface area contributed by atoms with Crippen LogP contribution in [0.2, 0.25) is 0 Å². The molecule has 18 heavy (non-hydrogen) atoms. The molecule has 0 saturated heterocycles. The summed E-state index contributed by atoms with van der Waals surface area (Å²) < 4.78 is 47.6. The van der Waals surface area contributed by atoms with E-state index in [2.05, 4.69) is 9.71 Å². The quantitative estimate of drug-likeness (QED) is 0.803. The van der Waals surface area contributed by atoms with Crippen LogP contribution in [0.3, 0.4) is 0 Å². The lowest BCUT2D eigenvalue weighted by atomic mass is 10.4. The number of hydrogen-bond donors (Lipinski definition) is 1. The Bertz CT molecular complexity index is 621. The van der Waals surface area contributed by atoms with E-state index in [0.29, 0.717) is 17.8 Å². The van der Waals surface area contributed by atoms with Gasteiger partial charge in [-0.3, -0.25) is 4.72 Å². The van der Waals surface area contributed by atoms with E-state index in [-0.39, 0.29) is 20.8 Å². The highest BCUT2D eigenvalue weighted by Crippen LogP contribution is 2.30. The minimum Gasteiger partial charge on any atom is -0.259 e. The Balaban J connectivity index is 2.94. The molecular formula is C8H13ClN2O4S3. The Labute approximate surface area is 115 Å². The van der Waals surface area contributed by atoms with Gasteiger partial charge < -0.3 is 0 Å². The fourth-order valence-corrected chi connectivity index (χ4v) is 5.00. The molecule has 1 aromatic heterocycles. The van der Waals surface area contributed by atoms with Gasteiger partial charge in [0, 0.05) is 10.7 Å². The van der Waals surface area contributed by atoms with Gasteiger partial charge in [-0.2, -0.15) is 0 Å². The van der Waals surface area contributed by atoms with E-state index in [4.69, 9.17) is 10.7 Å². The second kappa shape index (κ2) is 5.72. The topological polar surface area (TPSA) is 93.2 Å². The monoisotopic (exact) mass is 332 g/mol. The van der Waals surface area contributed by atoms with Crippen LogP contribution in [0.1, 0.15) is 25.5 Å². The van der Waals surface area contributed by atoms with Gasteiger partial charge in [-0.05, 0) is 13.3 Å². The van der Waals surface area contributed by atoms with Crippen LogP contribution >= 0.6 is 22.0 Å². The largest absolute Gasteiger partial charge is 0.272 e. The Kier molecular flexibility index (Phi) is 4.98. The highest BCUT2D eigenvalue weighted by molar-refractivity contribution is 8.15. The summed E-state index contributed by atoms with van der Waals surface area (Å²) >= 11 is 0.705. The summed E-state index contributed by atoms with van der Waals surface area (Å²) in [6, 6.07) is 0. The van der Waals surface area contributed by atoms with Crippen molar-refractivity contribution in [3.63, 3.8) is 0 Å². The van der Waals surface area contributed by atoms with Crippen LogP contribution in [0, 0.1) is 6.92 Å². The van der Waals surface area contributed by atoms with Crippen molar-refractivity contribution in [2.45, 2.75) is 30.9 Å². The summed E-state index contributed by atoms with van der Waals surface area (Å²) in [4.78, 5) is 3.83. The molecule has 1 heterocycles. The zero-order valence-corrected chi connectivity index (χ0v) is 13.0. The number of anilines is 1. The van der Waals surface area contributed by atoms with Crippen molar-refractivity contribution in [2.75, 3.05) is 10.5 Å². The van der Waals surface area contributed by atoms with Crippen molar-refractivity contribution in [3.05, 3.63) is 5.69 Å². The van der Waals surface area contributed by atoms with Gasteiger partial charge in [0.25, 0.3) is 9.05 Å². The van der Waals surface area contributed by atoms with E-state index in [0.717, 1.165) is 6.42 Å². The van der Waals surface area contributed by atoms with Crippen LogP contribution in [0.25, 0.3) is 0 Å². The lowest BCUT2D eigenvalue weighted by Crippen LogP contribution is -2.16. The molecule has 0 atom stereocenters. The summed E-state index contributed by atoms with van der Waals surface area (Å²) in [5.41, 5.74) is 0.184. The van der Waals surface area contributed by atoms with Gasteiger partial charge in [-0.15, -0.1) is 0 Å². The van der Waals surface area contributed by atoms with Crippen LogP contribution in [-0.4, -0.2) is 27.6 Å². The Hall–Kier alpha value is -0.380. The Morgan fingerprint density at radius 1 is 1.33 bits per heavy atom. The molecule has 1 rings (SSSR count). The number of aromatic nitrogens is 1. The van der Waals surface area contributed by atoms with E-state index in [1.807, 2.05) is 6.92 Å². The molecule has 0 spiro atoms. The van der Waals surface area contributed by atoms with Gasteiger partial charge in [0.1, 0.15) is 0 Å². The van der Waals surface area contributed by atoms with Crippen molar-refractivity contribution in [1.82, 2.24) is 4.98 Å². The Morgan fingerprint density at radius 3 is 2.39 bits per heavy atom. The maximum absolute atomic E-state index is 11.6. The molecule has 0 amide bonds. The molecule has 0 aliphatic carbocycles. The van der Waals surface area contributed by atoms with Crippen LogP contribution in [0.4, 0.5) is 5.13 Å².